The van der Waals surface area contributed by atoms with E-state index < -0.39 is 0 Å². The van der Waals surface area contributed by atoms with Crippen LogP contribution in [0.25, 0.3) is 0 Å². The number of nitrogens with one attached hydrogen (secondary N) is 2. The van der Waals surface area contributed by atoms with Crippen LogP contribution in [-0.2, 0) is 0 Å². The largest absolute Gasteiger partial charge is 0.393 e. The van der Waals surface area contributed by atoms with Crippen molar-refractivity contribution in [1.82, 2.24) is 10.6 Å². The molecule has 4 nitrogen and oxygen atoms in total. The van der Waals surface area contributed by atoms with Crippen molar-refractivity contribution in [2.24, 2.45) is 51.2 Å². The zero-order valence-corrected chi connectivity index (χ0v) is 23.6. The van der Waals surface area contributed by atoms with Crippen LogP contribution in [0.15, 0.2) is 12.2 Å². The maximum atomic E-state index is 12.6. The first-order valence-electron chi connectivity index (χ1n) is 14.6. The fourth-order valence-electron chi connectivity index (χ4n) is 11.6. The predicted molar refractivity (Wildman–Crippen MR) is 143 cm³/mol. The maximum absolute atomic E-state index is 12.6. The highest BCUT2D eigenvalue weighted by Gasteiger charge is 2.71. The van der Waals surface area contributed by atoms with Crippen LogP contribution in [0, 0.1) is 51.2 Å². The van der Waals surface area contributed by atoms with Gasteiger partial charge in [-0.05, 0) is 122 Å². The van der Waals surface area contributed by atoms with Gasteiger partial charge in [-0.3, -0.25) is 0 Å². The van der Waals surface area contributed by atoms with Crippen LogP contribution in [0.4, 0.5) is 4.79 Å². The summed E-state index contributed by atoms with van der Waals surface area (Å²) in [6.45, 7) is 19.3. The van der Waals surface area contributed by atoms with E-state index in [-0.39, 0.29) is 28.5 Å². The van der Waals surface area contributed by atoms with E-state index in [0.717, 1.165) is 25.7 Å². The second-order valence-electron chi connectivity index (χ2n) is 14.9. The second-order valence-corrected chi connectivity index (χ2v) is 14.9. The minimum Gasteiger partial charge on any atom is -0.393 e. The Balaban J connectivity index is 1.54. The van der Waals surface area contributed by atoms with Gasteiger partial charge in [-0.25, -0.2) is 4.79 Å². The van der Waals surface area contributed by atoms with Crippen LogP contribution < -0.4 is 10.6 Å². The van der Waals surface area contributed by atoms with Gasteiger partial charge in [0.25, 0.3) is 0 Å². The van der Waals surface area contributed by atoms with Gasteiger partial charge in [0.05, 0.1) is 6.10 Å². The molecule has 0 aromatic rings. The third-order valence-electron chi connectivity index (χ3n) is 13.6. The lowest BCUT2D eigenvalue weighted by molar-refractivity contribution is -0.243. The van der Waals surface area contributed by atoms with Gasteiger partial charge in [0.2, 0.25) is 0 Å². The van der Waals surface area contributed by atoms with Crippen LogP contribution in [0.2, 0.25) is 0 Å². The Kier molecular flexibility index (Phi) is 5.84. The predicted octanol–water partition coefficient (Wildman–Crippen LogP) is 6.69. The lowest BCUT2D eigenvalue weighted by atomic mass is 9.32. The summed E-state index contributed by atoms with van der Waals surface area (Å²) in [7, 11) is 1.74. The van der Waals surface area contributed by atoms with E-state index >= 15 is 0 Å². The fraction of sp³-hybridized carbons (Fsp3) is 0.903. The number of amides is 2. The van der Waals surface area contributed by atoms with Crippen LogP contribution in [0.3, 0.4) is 0 Å². The fourth-order valence-corrected chi connectivity index (χ4v) is 11.6. The highest BCUT2D eigenvalue weighted by atomic mass is 16.3. The number of fused-ring (bicyclic) bond motifs is 7. The number of aliphatic hydroxyl groups excluding tert-OH is 1. The Hall–Kier alpha value is -1.03. The molecule has 0 aromatic carbocycles. The molecule has 3 N–H and O–H groups in total. The van der Waals surface area contributed by atoms with Crippen molar-refractivity contribution in [2.75, 3.05) is 7.05 Å². The molecular weight excluding hydrogens is 432 g/mol. The molecule has 0 bridgehead atoms. The summed E-state index contributed by atoms with van der Waals surface area (Å²) in [5.41, 5.74) is 2.12. The molecule has 198 valence electrons. The van der Waals surface area contributed by atoms with E-state index in [9.17, 15) is 9.90 Å². The van der Waals surface area contributed by atoms with E-state index in [2.05, 4.69) is 58.8 Å². The molecule has 5 aliphatic rings. The molecule has 0 unspecified atom stereocenters. The maximum Gasteiger partial charge on any atom is 0.314 e. The second kappa shape index (κ2) is 7.98. The van der Waals surface area contributed by atoms with Gasteiger partial charge in [0.15, 0.2) is 0 Å². The van der Waals surface area contributed by atoms with Crippen molar-refractivity contribution >= 4 is 6.03 Å². The summed E-state index contributed by atoms with van der Waals surface area (Å²) in [5, 5.41) is 17.3. The number of carbonyl (C=O) groups is 1. The first kappa shape index (κ1) is 25.6. The third kappa shape index (κ3) is 3.23. The SMILES string of the molecule is C=C(C)[C@@H]1CC[C@]2(NC(=O)NC)CC[C@]3(C)[C@H](CC[C@@H]4[C@@]5(C)CC[C@H](O)C(C)(C)[C@@H]5CC[C@]43C)[C@@H]12. The monoisotopic (exact) mass is 484 g/mol. The van der Waals surface area contributed by atoms with Crippen molar-refractivity contribution in [3.8, 4) is 0 Å². The highest BCUT2D eigenvalue weighted by Crippen LogP contribution is 2.76. The van der Waals surface area contributed by atoms with E-state index in [1.54, 1.807) is 7.05 Å². The first-order chi connectivity index (χ1) is 16.3. The van der Waals surface area contributed by atoms with E-state index in [0.29, 0.717) is 40.4 Å². The Labute approximate surface area is 214 Å². The zero-order chi connectivity index (χ0) is 25.6. The topological polar surface area (TPSA) is 61.4 Å². The molecule has 35 heavy (non-hydrogen) atoms. The molecule has 5 aliphatic carbocycles. The molecule has 4 heteroatoms. The number of carbonyl (C=O) groups excluding carboxylic acids is 1. The Morgan fingerprint density at radius 3 is 2.23 bits per heavy atom. The van der Waals surface area contributed by atoms with Gasteiger partial charge in [-0.15, -0.1) is 0 Å². The summed E-state index contributed by atoms with van der Waals surface area (Å²) in [5.74, 6) is 2.94. The smallest absolute Gasteiger partial charge is 0.314 e. The average Bonchev–Trinajstić information content (AvgIpc) is 3.16. The molecule has 0 heterocycles. The number of urea groups is 1. The van der Waals surface area contributed by atoms with Crippen molar-refractivity contribution in [1.29, 1.82) is 0 Å². The lowest BCUT2D eigenvalue weighted by Crippen LogP contribution is -2.69. The average molecular weight is 485 g/mol. The molecule has 0 radical (unpaired) electrons. The molecule has 5 fully saturated rings. The summed E-state index contributed by atoms with van der Waals surface area (Å²) in [4.78, 5) is 12.6. The van der Waals surface area contributed by atoms with Crippen LogP contribution >= 0.6 is 0 Å². The number of hydrogen-bond acceptors (Lipinski definition) is 2. The quantitative estimate of drug-likeness (QED) is 0.383. The Morgan fingerprint density at radius 2 is 1.57 bits per heavy atom. The molecule has 0 aromatic heterocycles. The Morgan fingerprint density at radius 1 is 0.857 bits per heavy atom. The number of aliphatic hydroxyl groups is 1. The van der Waals surface area contributed by atoms with Gasteiger partial charge in [-0.1, -0.05) is 46.8 Å². The van der Waals surface area contributed by atoms with Crippen LogP contribution in [0.5, 0.6) is 0 Å². The summed E-state index contributed by atoms with van der Waals surface area (Å²) in [6.07, 6.45) is 11.6. The molecule has 5 saturated carbocycles. The molecule has 10 atom stereocenters. The van der Waals surface area contributed by atoms with E-state index in [1.807, 2.05) is 0 Å². The van der Waals surface area contributed by atoms with Gasteiger partial charge in [0, 0.05) is 12.6 Å². The first-order valence-corrected chi connectivity index (χ1v) is 14.6. The van der Waals surface area contributed by atoms with Crippen LogP contribution in [0.1, 0.15) is 106 Å². The summed E-state index contributed by atoms with van der Waals surface area (Å²) >= 11 is 0. The molecular formula is C31H52N2O2. The molecule has 0 aliphatic heterocycles. The minimum atomic E-state index is -0.169. The lowest BCUT2D eigenvalue weighted by Gasteiger charge is -2.73. The molecule has 5 rings (SSSR count). The van der Waals surface area contributed by atoms with Gasteiger partial charge >= 0.3 is 6.03 Å². The van der Waals surface area contributed by atoms with Crippen molar-refractivity contribution in [2.45, 2.75) is 117 Å². The molecule has 0 spiro atoms. The van der Waals surface area contributed by atoms with Gasteiger partial charge < -0.3 is 15.7 Å². The third-order valence-corrected chi connectivity index (χ3v) is 13.6. The normalized spacial score (nSPS) is 52.3. The van der Waals surface area contributed by atoms with Gasteiger partial charge in [-0.2, -0.15) is 0 Å². The number of hydrogen-bond donors (Lipinski definition) is 3. The number of rotatable bonds is 2. The summed E-state index contributed by atoms with van der Waals surface area (Å²) < 4.78 is 0. The van der Waals surface area contributed by atoms with Crippen molar-refractivity contribution in [3.63, 3.8) is 0 Å². The number of allylic oxidation sites excluding steroid dienone is 1. The minimum absolute atomic E-state index is 0.00172. The van der Waals surface area contributed by atoms with Crippen molar-refractivity contribution < 1.29 is 9.90 Å². The standard InChI is InChI=1S/C31H52N2O2/c1-19(2)20-11-16-31(33-26(35)32-8)18-17-29(6)21(25(20)31)9-10-23-28(5)14-13-24(34)27(3,4)22(28)12-15-30(23,29)7/h20-25,34H,1,9-18H2,2-8H3,(H2,32,33,35)/t20-,21+,22-,23+,24-,25+,28-,29+,30+,31-/m0/s1. The zero-order valence-electron chi connectivity index (χ0n) is 23.6. The molecule has 0 saturated heterocycles. The van der Waals surface area contributed by atoms with E-state index in [1.165, 1.54) is 44.1 Å². The highest BCUT2D eigenvalue weighted by molar-refractivity contribution is 5.74. The van der Waals surface area contributed by atoms with E-state index in [4.69, 9.17) is 0 Å². The van der Waals surface area contributed by atoms with Crippen LogP contribution in [-0.4, -0.2) is 29.8 Å². The Bertz CT molecular complexity index is 898. The summed E-state index contributed by atoms with van der Waals surface area (Å²) in [6, 6.07) is -0.0168. The molecule has 2 amide bonds. The van der Waals surface area contributed by atoms with Gasteiger partial charge in [0.1, 0.15) is 0 Å². The van der Waals surface area contributed by atoms with Crippen molar-refractivity contribution in [3.05, 3.63) is 12.2 Å².